The minimum Gasteiger partial charge on any atom is -0.369 e. The van der Waals surface area contributed by atoms with E-state index in [9.17, 15) is 9.18 Å². The first kappa shape index (κ1) is 20.3. The maximum Gasteiger partial charge on any atom is 0.257 e. The molecule has 1 saturated heterocycles. The van der Waals surface area contributed by atoms with Crippen LogP contribution in [0.4, 0.5) is 15.8 Å². The number of amides is 1. The smallest absolute Gasteiger partial charge is 0.257 e. The van der Waals surface area contributed by atoms with Crippen molar-refractivity contribution in [3.63, 3.8) is 0 Å². The Morgan fingerprint density at radius 3 is 2.84 bits per heavy atom. The number of benzene rings is 1. The molecule has 0 radical (unpaired) electrons. The zero-order valence-corrected chi connectivity index (χ0v) is 18.2. The molecule has 1 aliphatic rings. The molecule has 4 aromatic rings. The first-order chi connectivity index (χ1) is 15.4. The molecule has 5 rings (SSSR count). The van der Waals surface area contributed by atoms with E-state index < -0.39 is 5.82 Å². The number of hydrogen-bond acceptors (Lipinski definition) is 6. The number of imidazole rings is 1. The summed E-state index contributed by atoms with van der Waals surface area (Å²) >= 11 is 0. The number of likely N-dealkylation sites (N-methyl/N-ethyl adjacent to an activating group) is 1. The van der Waals surface area contributed by atoms with Crippen LogP contribution in [0.25, 0.3) is 16.6 Å². The summed E-state index contributed by atoms with van der Waals surface area (Å²) in [5.41, 5.74) is 3.28. The van der Waals surface area contributed by atoms with Crippen molar-refractivity contribution in [3.05, 3.63) is 59.7 Å². The summed E-state index contributed by atoms with van der Waals surface area (Å²) in [6, 6.07) is 5.42. The van der Waals surface area contributed by atoms with Crippen LogP contribution in [0.2, 0.25) is 0 Å². The highest BCUT2D eigenvalue weighted by molar-refractivity contribution is 6.13. The predicted molar refractivity (Wildman–Crippen MR) is 122 cm³/mol. The van der Waals surface area contributed by atoms with Gasteiger partial charge in [0.2, 0.25) is 0 Å². The van der Waals surface area contributed by atoms with Crippen molar-refractivity contribution in [2.45, 2.75) is 26.3 Å². The van der Waals surface area contributed by atoms with Gasteiger partial charge in [0, 0.05) is 54.9 Å². The maximum absolute atomic E-state index is 14.4. The van der Waals surface area contributed by atoms with Crippen molar-refractivity contribution in [3.8, 4) is 0 Å². The van der Waals surface area contributed by atoms with Crippen LogP contribution in [0.15, 0.2) is 36.8 Å². The molecule has 0 bridgehead atoms. The van der Waals surface area contributed by atoms with E-state index in [0.29, 0.717) is 34.3 Å². The third kappa shape index (κ3) is 3.54. The highest BCUT2D eigenvalue weighted by Gasteiger charge is 2.24. The largest absolute Gasteiger partial charge is 0.369 e. The molecule has 1 aromatic carbocycles. The van der Waals surface area contributed by atoms with Crippen LogP contribution in [0, 0.1) is 19.7 Å². The van der Waals surface area contributed by atoms with Crippen molar-refractivity contribution in [1.29, 1.82) is 0 Å². The summed E-state index contributed by atoms with van der Waals surface area (Å²) in [6.07, 6.45) is 6.18. The van der Waals surface area contributed by atoms with Crippen molar-refractivity contribution < 1.29 is 9.18 Å². The van der Waals surface area contributed by atoms with Gasteiger partial charge in [0.15, 0.2) is 11.5 Å². The molecule has 0 aliphatic carbocycles. The molecule has 1 aliphatic heterocycles. The Kier molecular flexibility index (Phi) is 4.97. The lowest BCUT2D eigenvalue weighted by atomic mass is 10.1. The van der Waals surface area contributed by atoms with Gasteiger partial charge in [-0.2, -0.15) is 0 Å². The second kappa shape index (κ2) is 7.83. The van der Waals surface area contributed by atoms with Crippen molar-refractivity contribution in [2.75, 3.05) is 30.4 Å². The van der Waals surface area contributed by atoms with Crippen LogP contribution in [-0.4, -0.2) is 51.4 Å². The Bertz CT molecular complexity index is 1350. The normalized spacial score (nSPS) is 16.2. The molecule has 3 aromatic heterocycles. The molecular weight excluding hydrogens is 409 g/mol. The van der Waals surface area contributed by atoms with E-state index in [-0.39, 0.29) is 11.6 Å². The lowest BCUT2D eigenvalue weighted by Gasteiger charge is -2.21. The fourth-order valence-electron chi connectivity index (χ4n) is 4.31. The second-order valence-electron chi connectivity index (χ2n) is 8.18. The number of carbonyl (C=O) groups excluding carboxylic acids is 1. The number of aromatic nitrogens is 4. The fourth-order valence-corrected chi connectivity index (χ4v) is 4.31. The summed E-state index contributed by atoms with van der Waals surface area (Å²) in [5, 5.41) is 6.95. The number of nitrogens with zero attached hydrogens (tertiary/aromatic N) is 5. The van der Waals surface area contributed by atoms with Crippen LogP contribution in [0.1, 0.15) is 28.3 Å². The number of nitrogens with one attached hydrogen (secondary N) is 2. The minimum atomic E-state index is -0.498. The molecule has 4 heterocycles. The second-order valence-corrected chi connectivity index (χ2v) is 8.18. The third-order valence-electron chi connectivity index (χ3n) is 5.91. The molecule has 8 nitrogen and oxygen atoms in total. The Hall–Kier alpha value is -3.59. The zero-order chi connectivity index (χ0) is 22.4. The van der Waals surface area contributed by atoms with Gasteiger partial charge < -0.3 is 19.9 Å². The standard InChI is InChI=1S/C23H24FN7O/c1-13-10-31-12-16(8-19(24)22(31)27-13)29-23(32)17-4-5-20(30-7-6-15(11-30)25-3)18-9-26-14(2)28-21(17)18/h4-5,8-10,12,15,25H,6-7,11H2,1-3H3,(H,29,32)/t15-/m0/s1. The van der Waals surface area contributed by atoms with Crippen LogP contribution in [0.3, 0.4) is 0 Å². The van der Waals surface area contributed by atoms with Crippen LogP contribution in [0.5, 0.6) is 0 Å². The van der Waals surface area contributed by atoms with Crippen molar-refractivity contribution in [2.24, 2.45) is 0 Å². The monoisotopic (exact) mass is 433 g/mol. The molecule has 0 unspecified atom stereocenters. The SMILES string of the molecule is CN[C@H]1CCN(c2ccc(C(=O)Nc3cc(F)c4nc(C)cn4c3)c3nc(C)ncc23)C1. The number of pyridine rings is 1. The van der Waals surface area contributed by atoms with E-state index >= 15 is 0 Å². The highest BCUT2D eigenvalue weighted by atomic mass is 19.1. The average molecular weight is 433 g/mol. The molecular formula is C23H24FN7O. The van der Waals surface area contributed by atoms with E-state index in [1.165, 1.54) is 6.07 Å². The van der Waals surface area contributed by atoms with Gasteiger partial charge in [-0.15, -0.1) is 0 Å². The van der Waals surface area contributed by atoms with Gasteiger partial charge in [-0.25, -0.2) is 19.3 Å². The van der Waals surface area contributed by atoms with Crippen molar-refractivity contribution >= 4 is 33.8 Å². The lowest BCUT2D eigenvalue weighted by molar-refractivity contribution is 0.102. The highest BCUT2D eigenvalue weighted by Crippen LogP contribution is 2.31. The molecule has 0 spiro atoms. The zero-order valence-electron chi connectivity index (χ0n) is 18.2. The number of aryl methyl sites for hydroxylation is 2. The van der Waals surface area contributed by atoms with E-state index in [4.69, 9.17) is 0 Å². The Labute approximate surface area is 184 Å². The molecule has 0 saturated carbocycles. The first-order valence-electron chi connectivity index (χ1n) is 10.6. The van der Waals surface area contributed by atoms with Gasteiger partial charge in [-0.3, -0.25) is 4.79 Å². The Morgan fingerprint density at radius 1 is 1.22 bits per heavy atom. The minimum absolute atomic E-state index is 0.226. The summed E-state index contributed by atoms with van der Waals surface area (Å²) in [7, 11) is 1.97. The number of hydrogen-bond donors (Lipinski definition) is 2. The number of rotatable bonds is 4. The molecule has 1 fully saturated rings. The Balaban J connectivity index is 1.52. The quantitative estimate of drug-likeness (QED) is 0.514. The van der Waals surface area contributed by atoms with Gasteiger partial charge in [0.05, 0.1) is 22.5 Å². The number of fused-ring (bicyclic) bond motifs is 2. The van der Waals surface area contributed by atoms with E-state index in [1.54, 1.807) is 42.9 Å². The third-order valence-corrected chi connectivity index (χ3v) is 5.91. The van der Waals surface area contributed by atoms with Crippen LogP contribution >= 0.6 is 0 Å². The molecule has 1 amide bonds. The molecule has 2 N–H and O–H groups in total. The topological polar surface area (TPSA) is 87.5 Å². The molecule has 1 atom stereocenters. The molecule has 32 heavy (non-hydrogen) atoms. The van der Waals surface area contributed by atoms with Crippen LogP contribution < -0.4 is 15.5 Å². The average Bonchev–Trinajstić information content (AvgIpc) is 3.39. The molecule has 164 valence electrons. The summed E-state index contributed by atoms with van der Waals surface area (Å²) in [4.78, 5) is 28.6. The lowest BCUT2D eigenvalue weighted by Crippen LogP contribution is -2.29. The number of anilines is 2. The van der Waals surface area contributed by atoms with E-state index in [1.807, 2.05) is 13.1 Å². The Morgan fingerprint density at radius 2 is 2.06 bits per heavy atom. The summed E-state index contributed by atoms with van der Waals surface area (Å²) in [6.45, 7) is 5.39. The van der Waals surface area contributed by atoms with Gasteiger partial charge in [-0.1, -0.05) is 0 Å². The van der Waals surface area contributed by atoms with Crippen molar-refractivity contribution in [1.82, 2.24) is 24.7 Å². The van der Waals surface area contributed by atoms with Gasteiger partial charge >= 0.3 is 0 Å². The number of halogens is 1. The first-order valence-corrected chi connectivity index (χ1v) is 10.6. The van der Waals surface area contributed by atoms with Gasteiger partial charge in [0.1, 0.15) is 5.82 Å². The maximum atomic E-state index is 14.4. The predicted octanol–water partition coefficient (Wildman–Crippen LogP) is 3.08. The van der Waals surface area contributed by atoms with E-state index in [2.05, 4.69) is 30.5 Å². The van der Waals surface area contributed by atoms with Gasteiger partial charge in [-0.05, 0) is 39.4 Å². The van der Waals surface area contributed by atoms with Crippen LogP contribution in [-0.2, 0) is 0 Å². The summed E-state index contributed by atoms with van der Waals surface area (Å²) in [5.74, 6) is -0.272. The summed E-state index contributed by atoms with van der Waals surface area (Å²) < 4.78 is 16.0. The molecule has 9 heteroatoms. The number of carbonyl (C=O) groups is 1. The van der Waals surface area contributed by atoms with Gasteiger partial charge in [0.25, 0.3) is 5.91 Å². The fraction of sp³-hybridized carbons (Fsp3) is 0.304. The van der Waals surface area contributed by atoms with E-state index in [0.717, 1.165) is 30.6 Å².